The van der Waals surface area contributed by atoms with Gasteiger partial charge in [-0.2, -0.15) is 0 Å². The van der Waals surface area contributed by atoms with E-state index in [9.17, 15) is 9.59 Å². The molecule has 11 heteroatoms. The Morgan fingerprint density at radius 3 is 2.53 bits per heavy atom. The molecular weight excluding hydrogens is 575 g/mol. The van der Waals surface area contributed by atoms with Crippen LogP contribution in [-0.2, 0) is 4.79 Å². The van der Waals surface area contributed by atoms with Gasteiger partial charge in [0.2, 0.25) is 0 Å². The van der Waals surface area contributed by atoms with Gasteiger partial charge < -0.3 is 26.8 Å². The smallest absolute Gasteiger partial charge is 0.341 e. The first-order valence-electron chi connectivity index (χ1n) is 8.03. The molecule has 4 nitrogen and oxygen atoms in total. The van der Waals surface area contributed by atoms with E-state index < -0.39 is 12.6 Å². The summed E-state index contributed by atoms with van der Waals surface area (Å²) in [5.41, 5.74) is 1.22. The average Bonchev–Trinajstić information content (AvgIpc) is 3.16. The lowest BCUT2D eigenvalue weighted by Crippen LogP contribution is -3.00. The summed E-state index contributed by atoms with van der Waals surface area (Å²) in [7, 11) is 3.16. The van der Waals surface area contributed by atoms with Gasteiger partial charge in [-0.15, -0.1) is 0 Å². The van der Waals surface area contributed by atoms with E-state index in [0.717, 1.165) is 14.6 Å². The Morgan fingerprint density at radius 1 is 1.10 bits per heavy atom. The number of rotatable bonds is 8. The third-order valence-electron chi connectivity index (χ3n) is 3.65. The molecule has 0 saturated heterocycles. The normalized spacial score (nSPS) is 10.4. The molecule has 0 fully saturated rings. The molecule has 1 aromatic heterocycles. The lowest BCUT2D eigenvalue weighted by molar-refractivity contribution is -0.139. The maximum atomic E-state index is 12.6. The van der Waals surface area contributed by atoms with Gasteiger partial charge in [-0.1, -0.05) is 64.8 Å². The van der Waals surface area contributed by atoms with Crippen LogP contribution in [-0.4, -0.2) is 29.2 Å². The first kappa shape index (κ1) is 25.4. The molecule has 3 rings (SSSR count). The van der Waals surface area contributed by atoms with E-state index in [2.05, 4.69) is 0 Å². The molecule has 0 aliphatic heterocycles. The number of ether oxygens (including phenoxy) is 1. The average molecular weight is 587 g/mol. The van der Waals surface area contributed by atoms with Gasteiger partial charge in [0.25, 0.3) is 4.21 Å². The minimum absolute atomic E-state index is 0. The molecule has 0 saturated carbocycles. The highest BCUT2D eigenvalue weighted by Gasteiger charge is 2.21. The molecule has 30 heavy (non-hydrogen) atoms. The summed E-state index contributed by atoms with van der Waals surface area (Å²) in [6, 6.07) is 12.5. The summed E-state index contributed by atoms with van der Waals surface area (Å²) in [5, 5.41) is 9.43. The van der Waals surface area contributed by atoms with Gasteiger partial charge in [-0.3, -0.25) is 4.79 Å². The minimum atomic E-state index is -1.14. The minimum Gasteiger partial charge on any atom is -1.00 e. The number of ketones is 1. The van der Waals surface area contributed by atoms with Crippen molar-refractivity contribution >= 4 is 79.0 Å². The van der Waals surface area contributed by atoms with E-state index in [1.165, 1.54) is 23.9 Å². The van der Waals surface area contributed by atoms with Crippen LogP contribution in [0.4, 0.5) is 0 Å². The Hall–Kier alpha value is -0.870. The maximum Gasteiger partial charge on any atom is 0.341 e. The van der Waals surface area contributed by atoms with E-state index in [-0.39, 0.29) is 49.9 Å². The van der Waals surface area contributed by atoms with Crippen molar-refractivity contribution in [2.24, 2.45) is 0 Å². The first-order chi connectivity index (χ1) is 13.9. The summed E-state index contributed by atoms with van der Waals surface area (Å²) in [4.78, 5) is 24.2. The zero-order valence-electron chi connectivity index (χ0n) is 14.9. The Bertz CT molecular complexity index is 1070. The molecular formula is C19H12BrCl3O4S3. The van der Waals surface area contributed by atoms with Gasteiger partial charge in [-0.25, -0.2) is 4.79 Å². The summed E-state index contributed by atoms with van der Waals surface area (Å²) >= 11 is 19.9. The number of carbonyl (C=O) groups excluding carboxylic acids is 1. The number of carboxylic acid groups (broad SMARTS) is 1. The van der Waals surface area contributed by atoms with Crippen LogP contribution in [0.25, 0.3) is 10.4 Å². The molecule has 0 unspecified atom stereocenters. The Balaban J connectivity index is 0.00000320. The van der Waals surface area contributed by atoms with Gasteiger partial charge in [0.15, 0.2) is 22.7 Å². The molecule has 1 heterocycles. The van der Waals surface area contributed by atoms with Crippen LogP contribution in [0.1, 0.15) is 10.4 Å². The zero-order valence-corrected chi connectivity index (χ0v) is 21.2. The number of benzene rings is 2. The molecule has 0 aliphatic rings. The highest BCUT2D eigenvalue weighted by molar-refractivity contribution is 8.03. The second kappa shape index (κ2) is 11.7. The van der Waals surface area contributed by atoms with Crippen LogP contribution in [0.2, 0.25) is 15.1 Å². The number of hydrogen-bond acceptors (Lipinski definition) is 5. The van der Waals surface area contributed by atoms with Crippen LogP contribution in [0.5, 0.6) is 5.75 Å². The molecule has 0 bridgehead atoms. The SMILES string of the molecule is O=C(O)COc1ccc(C(=O)CSc2cc(-c3ccccc3Cl)s[s+]2)c(Cl)c1Cl.[Br-]. The molecule has 0 spiro atoms. The Kier molecular flexibility index (Phi) is 9.87. The fourth-order valence-electron chi connectivity index (χ4n) is 2.30. The Labute approximate surface area is 209 Å². The molecule has 158 valence electrons. The lowest BCUT2D eigenvalue weighted by atomic mass is 10.1. The van der Waals surface area contributed by atoms with Crippen molar-refractivity contribution in [1.29, 1.82) is 0 Å². The first-order valence-corrected chi connectivity index (χ1v) is 12.3. The molecule has 0 amide bonds. The van der Waals surface area contributed by atoms with Gasteiger partial charge in [0.05, 0.1) is 10.8 Å². The van der Waals surface area contributed by atoms with Gasteiger partial charge >= 0.3 is 16.3 Å². The van der Waals surface area contributed by atoms with Crippen molar-refractivity contribution in [3.8, 4) is 16.2 Å². The fourth-order valence-corrected chi connectivity index (χ4v) is 6.81. The van der Waals surface area contributed by atoms with E-state index in [4.69, 9.17) is 44.6 Å². The van der Waals surface area contributed by atoms with Crippen molar-refractivity contribution in [2.45, 2.75) is 4.21 Å². The summed E-state index contributed by atoms with van der Waals surface area (Å²) in [5.74, 6) is -1.03. The summed E-state index contributed by atoms with van der Waals surface area (Å²) in [6.45, 7) is -0.549. The second-order valence-corrected chi connectivity index (χ2v) is 10.3. The van der Waals surface area contributed by atoms with Crippen LogP contribution in [0.15, 0.2) is 46.7 Å². The quantitative estimate of drug-likeness (QED) is 0.186. The van der Waals surface area contributed by atoms with Crippen LogP contribution < -0.4 is 21.7 Å². The van der Waals surface area contributed by atoms with Crippen LogP contribution in [0.3, 0.4) is 0 Å². The predicted octanol–water partition coefficient (Wildman–Crippen LogP) is 4.16. The molecule has 1 N–H and O–H groups in total. The molecule has 2 aromatic carbocycles. The number of Topliss-reactive ketones (excluding diaryl/α,β-unsaturated/α-hetero) is 1. The number of aliphatic carboxylic acids is 1. The van der Waals surface area contributed by atoms with E-state index >= 15 is 0 Å². The van der Waals surface area contributed by atoms with E-state index in [0.29, 0.717) is 5.02 Å². The zero-order chi connectivity index (χ0) is 21.0. The van der Waals surface area contributed by atoms with Crippen LogP contribution in [0, 0.1) is 0 Å². The summed E-state index contributed by atoms with van der Waals surface area (Å²) in [6.07, 6.45) is 0. The van der Waals surface area contributed by atoms with Crippen LogP contribution >= 0.6 is 67.2 Å². The van der Waals surface area contributed by atoms with Gasteiger partial charge in [-0.05, 0) is 18.2 Å². The predicted molar refractivity (Wildman–Crippen MR) is 122 cm³/mol. The number of thioether (sulfide) groups is 1. The van der Waals surface area contributed by atoms with Crippen molar-refractivity contribution in [3.63, 3.8) is 0 Å². The van der Waals surface area contributed by atoms with Gasteiger partial charge in [0.1, 0.15) is 15.6 Å². The fraction of sp³-hybridized carbons (Fsp3) is 0.105. The topological polar surface area (TPSA) is 63.6 Å². The summed E-state index contributed by atoms with van der Waals surface area (Å²) < 4.78 is 6.05. The number of carboxylic acids is 1. The standard InChI is InChI=1S/C19H11Cl3O4S3.BrH/c20-12-4-2-1-3-10(12)15-7-17(29-28-15)27-9-13(23)11-5-6-14(19(22)18(11)21)26-8-16(24)25;/h1-7H,8-9H2;1H. The highest BCUT2D eigenvalue weighted by Crippen LogP contribution is 2.40. The molecule has 3 aromatic rings. The van der Waals surface area contributed by atoms with Crippen molar-refractivity contribution < 1.29 is 36.4 Å². The second-order valence-electron chi connectivity index (χ2n) is 5.61. The maximum absolute atomic E-state index is 12.6. The molecule has 0 radical (unpaired) electrons. The van der Waals surface area contributed by atoms with Crippen molar-refractivity contribution in [1.82, 2.24) is 0 Å². The molecule has 0 aliphatic carbocycles. The van der Waals surface area contributed by atoms with E-state index in [1.807, 2.05) is 30.3 Å². The Morgan fingerprint density at radius 2 is 1.83 bits per heavy atom. The number of halogens is 4. The monoisotopic (exact) mass is 584 g/mol. The van der Waals surface area contributed by atoms with Crippen molar-refractivity contribution in [3.05, 3.63) is 63.1 Å². The van der Waals surface area contributed by atoms with Crippen molar-refractivity contribution in [2.75, 3.05) is 12.4 Å². The van der Waals surface area contributed by atoms with Gasteiger partial charge in [0, 0.05) is 22.2 Å². The number of carbonyl (C=O) groups is 2. The lowest BCUT2D eigenvalue weighted by Gasteiger charge is -2.09. The van der Waals surface area contributed by atoms with E-state index in [1.54, 1.807) is 20.7 Å². The molecule has 0 atom stereocenters. The highest BCUT2D eigenvalue weighted by atomic mass is 79.9. The largest absolute Gasteiger partial charge is 1.00 e. The third kappa shape index (κ3) is 6.32. The third-order valence-corrected chi connectivity index (χ3v) is 8.78. The number of hydrogen-bond donors (Lipinski definition) is 1.